The van der Waals surface area contributed by atoms with Crippen LogP contribution in [0.4, 0.5) is 5.69 Å². The molecular formula is C13H13ClN4O3. The molecule has 0 amide bonds. The van der Waals surface area contributed by atoms with Crippen LogP contribution in [0.5, 0.6) is 0 Å². The van der Waals surface area contributed by atoms with Gasteiger partial charge in [-0.2, -0.15) is 4.98 Å². The molecular weight excluding hydrogens is 296 g/mol. The third kappa shape index (κ3) is 2.88. The number of nitro benzene ring substituents is 1. The molecule has 1 saturated heterocycles. The van der Waals surface area contributed by atoms with Crippen molar-refractivity contribution in [3.63, 3.8) is 0 Å². The summed E-state index contributed by atoms with van der Waals surface area (Å²) in [6.07, 6.45) is 1.89. The van der Waals surface area contributed by atoms with Crippen molar-refractivity contribution in [2.75, 3.05) is 13.1 Å². The standard InChI is InChI=1S/C13H13ClN4O3/c14-10-2-1-9(7-11(10)18(19)20)12-16-13(21-17-12)8-3-5-15-6-4-8/h1-2,7-8,15H,3-6H2. The Balaban J connectivity index is 1.89. The Morgan fingerprint density at radius 2 is 2.14 bits per heavy atom. The van der Waals surface area contributed by atoms with Crippen LogP contribution in [0, 0.1) is 10.1 Å². The summed E-state index contributed by atoms with van der Waals surface area (Å²) in [6, 6.07) is 4.47. The third-order valence-electron chi connectivity index (χ3n) is 3.53. The van der Waals surface area contributed by atoms with Crippen LogP contribution in [0.3, 0.4) is 0 Å². The number of nitro groups is 1. The second kappa shape index (κ2) is 5.79. The second-order valence-corrected chi connectivity index (χ2v) is 5.31. The van der Waals surface area contributed by atoms with Gasteiger partial charge in [0.15, 0.2) is 0 Å². The van der Waals surface area contributed by atoms with Crippen molar-refractivity contribution < 1.29 is 9.45 Å². The highest BCUT2D eigenvalue weighted by atomic mass is 35.5. The minimum Gasteiger partial charge on any atom is -0.339 e. The minimum atomic E-state index is -0.528. The largest absolute Gasteiger partial charge is 0.339 e. The number of aromatic nitrogens is 2. The Morgan fingerprint density at radius 3 is 2.86 bits per heavy atom. The molecule has 1 N–H and O–H groups in total. The van der Waals surface area contributed by atoms with Crippen LogP contribution >= 0.6 is 11.6 Å². The molecule has 8 heteroatoms. The number of nitrogens with one attached hydrogen (secondary N) is 1. The van der Waals surface area contributed by atoms with Gasteiger partial charge in [-0.3, -0.25) is 10.1 Å². The van der Waals surface area contributed by atoms with Gasteiger partial charge >= 0.3 is 0 Å². The van der Waals surface area contributed by atoms with Crippen LogP contribution in [0.1, 0.15) is 24.7 Å². The predicted molar refractivity (Wildman–Crippen MR) is 76.2 cm³/mol. The maximum absolute atomic E-state index is 10.9. The van der Waals surface area contributed by atoms with E-state index in [-0.39, 0.29) is 16.6 Å². The Hall–Kier alpha value is -1.99. The molecule has 2 aromatic rings. The van der Waals surface area contributed by atoms with Crippen LogP contribution in [0.25, 0.3) is 11.4 Å². The van der Waals surface area contributed by atoms with Crippen molar-refractivity contribution in [1.82, 2.24) is 15.5 Å². The van der Waals surface area contributed by atoms with Crippen LogP contribution in [0.2, 0.25) is 5.02 Å². The first kappa shape index (κ1) is 14.0. The van der Waals surface area contributed by atoms with Gasteiger partial charge in [-0.25, -0.2) is 0 Å². The van der Waals surface area contributed by atoms with Gasteiger partial charge in [-0.05, 0) is 38.1 Å². The highest BCUT2D eigenvalue weighted by molar-refractivity contribution is 6.32. The van der Waals surface area contributed by atoms with E-state index in [1.807, 2.05) is 0 Å². The lowest BCUT2D eigenvalue weighted by atomic mass is 9.98. The van der Waals surface area contributed by atoms with Crippen molar-refractivity contribution in [3.8, 4) is 11.4 Å². The van der Waals surface area contributed by atoms with Gasteiger partial charge in [0.25, 0.3) is 5.69 Å². The molecule has 2 heterocycles. The predicted octanol–water partition coefficient (Wildman–Crippen LogP) is 2.77. The summed E-state index contributed by atoms with van der Waals surface area (Å²) in [6.45, 7) is 1.85. The highest BCUT2D eigenvalue weighted by Crippen LogP contribution is 2.30. The zero-order valence-corrected chi connectivity index (χ0v) is 11.8. The fourth-order valence-electron chi connectivity index (χ4n) is 2.38. The first-order chi connectivity index (χ1) is 10.1. The van der Waals surface area contributed by atoms with E-state index in [4.69, 9.17) is 16.1 Å². The maximum Gasteiger partial charge on any atom is 0.288 e. The van der Waals surface area contributed by atoms with Crippen molar-refractivity contribution in [1.29, 1.82) is 0 Å². The average molecular weight is 309 g/mol. The molecule has 0 atom stereocenters. The van der Waals surface area contributed by atoms with Crippen LogP contribution in [0.15, 0.2) is 22.7 Å². The SMILES string of the molecule is O=[N+]([O-])c1cc(-c2noc(C3CCNCC3)n2)ccc1Cl. The van der Waals surface area contributed by atoms with Gasteiger partial charge in [0.05, 0.1) is 4.92 Å². The van der Waals surface area contributed by atoms with Crippen molar-refractivity contribution >= 4 is 17.3 Å². The molecule has 7 nitrogen and oxygen atoms in total. The van der Waals surface area contributed by atoms with Crippen molar-refractivity contribution in [3.05, 3.63) is 39.2 Å². The summed E-state index contributed by atoms with van der Waals surface area (Å²) in [5.41, 5.74) is 0.359. The van der Waals surface area contributed by atoms with Gasteiger partial charge < -0.3 is 9.84 Å². The number of nitrogens with zero attached hydrogens (tertiary/aromatic N) is 3. The smallest absolute Gasteiger partial charge is 0.288 e. The Morgan fingerprint density at radius 1 is 1.38 bits per heavy atom. The number of piperidine rings is 1. The summed E-state index contributed by atoms with van der Waals surface area (Å²) in [7, 11) is 0. The van der Waals surface area contributed by atoms with Crippen LogP contribution < -0.4 is 5.32 Å². The lowest BCUT2D eigenvalue weighted by Gasteiger charge is -2.18. The molecule has 0 bridgehead atoms. The van der Waals surface area contributed by atoms with E-state index in [2.05, 4.69) is 15.5 Å². The van der Waals surface area contributed by atoms with Gasteiger partial charge in [0, 0.05) is 17.5 Å². The van der Waals surface area contributed by atoms with Crippen molar-refractivity contribution in [2.45, 2.75) is 18.8 Å². The molecule has 110 valence electrons. The fraction of sp³-hybridized carbons (Fsp3) is 0.385. The molecule has 1 fully saturated rings. The van der Waals surface area contributed by atoms with E-state index in [1.165, 1.54) is 12.1 Å². The first-order valence-electron chi connectivity index (χ1n) is 6.64. The molecule has 0 radical (unpaired) electrons. The lowest BCUT2D eigenvalue weighted by molar-refractivity contribution is -0.384. The van der Waals surface area contributed by atoms with Crippen molar-refractivity contribution in [2.24, 2.45) is 0 Å². The highest BCUT2D eigenvalue weighted by Gasteiger charge is 2.22. The van der Waals surface area contributed by atoms with Crippen LogP contribution in [-0.2, 0) is 0 Å². The van der Waals surface area contributed by atoms with E-state index >= 15 is 0 Å². The average Bonchev–Trinajstić information content (AvgIpc) is 2.98. The Bertz CT molecular complexity index is 667. The van der Waals surface area contributed by atoms with E-state index in [0.29, 0.717) is 17.3 Å². The molecule has 1 aliphatic rings. The zero-order chi connectivity index (χ0) is 14.8. The van der Waals surface area contributed by atoms with Crippen LogP contribution in [-0.4, -0.2) is 28.2 Å². The van der Waals surface area contributed by atoms with Gasteiger partial charge in [-0.15, -0.1) is 0 Å². The molecule has 1 aromatic carbocycles. The second-order valence-electron chi connectivity index (χ2n) is 4.90. The molecule has 0 aliphatic carbocycles. The number of rotatable bonds is 3. The quantitative estimate of drug-likeness (QED) is 0.692. The molecule has 3 rings (SSSR count). The molecule has 1 aliphatic heterocycles. The van der Waals surface area contributed by atoms with Gasteiger partial charge in [0.2, 0.25) is 11.7 Å². The van der Waals surface area contributed by atoms with E-state index in [1.54, 1.807) is 6.07 Å². The van der Waals surface area contributed by atoms with E-state index in [0.717, 1.165) is 25.9 Å². The number of hydrogen-bond donors (Lipinski definition) is 1. The summed E-state index contributed by atoms with van der Waals surface area (Å²) >= 11 is 5.79. The molecule has 21 heavy (non-hydrogen) atoms. The number of hydrogen-bond acceptors (Lipinski definition) is 6. The normalized spacial score (nSPS) is 16.0. The van der Waals surface area contributed by atoms with E-state index in [9.17, 15) is 10.1 Å². The summed E-state index contributed by atoms with van der Waals surface area (Å²) < 4.78 is 5.30. The Labute approximate surface area is 125 Å². The lowest BCUT2D eigenvalue weighted by Crippen LogP contribution is -2.26. The molecule has 1 aromatic heterocycles. The monoisotopic (exact) mass is 308 g/mol. The number of benzene rings is 1. The molecule has 0 saturated carbocycles. The molecule has 0 unspecified atom stereocenters. The zero-order valence-electron chi connectivity index (χ0n) is 11.1. The fourth-order valence-corrected chi connectivity index (χ4v) is 2.57. The summed E-state index contributed by atoms with van der Waals surface area (Å²) in [5, 5.41) is 18.2. The van der Waals surface area contributed by atoms with Gasteiger partial charge in [-0.1, -0.05) is 16.8 Å². The van der Waals surface area contributed by atoms with Gasteiger partial charge in [0.1, 0.15) is 5.02 Å². The Kier molecular flexibility index (Phi) is 3.85. The summed E-state index contributed by atoms with van der Waals surface area (Å²) in [4.78, 5) is 14.7. The minimum absolute atomic E-state index is 0.0887. The maximum atomic E-state index is 10.9. The summed E-state index contributed by atoms with van der Waals surface area (Å²) in [5.74, 6) is 1.18. The third-order valence-corrected chi connectivity index (χ3v) is 3.85. The first-order valence-corrected chi connectivity index (χ1v) is 7.01. The number of halogens is 1. The van der Waals surface area contributed by atoms with E-state index < -0.39 is 4.92 Å². The topological polar surface area (TPSA) is 94.1 Å². The molecule has 0 spiro atoms.